The Bertz CT molecular complexity index is 395. The molecule has 4 atom stereocenters. The SMILES string of the molecule is NC(=O)C1=CN([C@@H]2O[C@H](CO)[C@@H](O)[C@@H]2O)C=CC1. The number of aliphatic hydroxyl groups is 3. The van der Waals surface area contributed by atoms with Crippen LogP contribution in [0.4, 0.5) is 0 Å². The van der Waals surface area contributed by atoms with Gasteiger partial charge >= 0.3 is 0 Å². The number of ether oxygens (including phenoxy) is 1. The van der Waals surface area contributed by atoms with Gasteiger partial charge in [0, 0.05) is 18.0 Å². The van der Waals surface area contributed by atoms with Crippen molar-refractivity contribution >= 4 is 5.91 Å². The fourth-order valence-electron chi connectivity index (χ4n) is 2.03. The number of hydrogen-bond acceptors (Lipinski definition) is 6. The van der Waals surface area contributed by atoms with Gasteiger partial charge in [0.05, 0.1) is 6.61 Å². The summed E-state index contributed by atoms with van der Waals surface area (Å²) >= 11 is 0. The lowest BCUT2D eigenvalue weighted by Gasteiger charge is -2.28. The van der Waals surface area contributed by atoms with Crippen molar-refractivity contribution in [1.29, 1.82) is 0 Å². The lowest BCUT2D eigenvalue weighted by Crippen LogP contribution is -2.40. The van der Waals surface area contributed by atoms with Gasteiger partial charge in [-0.25, -0.2) is 0 Å². The second kappa shape index (κ2) is 5.07. The van der Waals surface area contributed by atoms with Crippen LogP contribution in [0.1, 0.15) is 6.42 Å². The Morgan fingerprint density at radius 3 is 2.78 bits per heavy atom. The van der Waals surface area contributed by atoms with E-state index in [4.69, 9.17) is 15.6 Å². The Morgan fingerprint density at radius 2 is 2.22 bits per heavy atom. The maximum atomic E-state index is 11.1. The molecule has 0 aromatic rings. The van der Waals surface area contributed by atoms with E-state index in [0.29, 0.717) is 12.0 Å². The first kappa shape index (κ1) is 13.0. The highest BCUT2D eigenvalue weighted by Crippen LogP contribution is 2.26. The highest BCUT2D eigenvalue weighted by molar-refractivity contribution is 5.92. The Labute approximate surface area is 104 Å². The summed E-state index contributed by atoms with van der Waals surface area (Å²) in [5.41, 5.74) is 5.57. The van der Waals surface area contributed by atoms with Crippen LogP contribution < -0.4 is 5.73 Å². The molecule has 18 heavy (non-hydrogen) atoms. The molecule has 0 radical (unpaired) electrons. The number of aliphatic hydroxyl groups excluding tert-OH is 3. The van der Waals surface area contributed by atoms with Crippen molar-refractivity contribution in [2.75, 3.05) is 6.61 Å². The second-order valence-corrected chi connectivity index (χ2v) is 4.28. The van der Waals surface area contributed by atoms with E-state index in [2.05, 4.69) is 0 Å². The van der Waals surface area contributed by atoms with Crippen LogP contribution in [0.15, 0.2) is 24.0 Å². The van der Waals surface area contributed by atoms with Gasteiger partial charge in [-0.15, -0.1) is 0 Å². The summed E-state index contributed by atoms with van der Waals surface area (Å²) in [5.74, 6) is -0.545. The van der Waals surface area contributed by atoms with Crippen molar-refractivity contribution in [3.63, 3.8) is 0 Å². The molecule has 2 rings (SSSR count). The van der Waals surface area contributed by atoms with Crippen molar-refractivity contribution in [1.82, 2.24) is 4.90 Å². The smallest absolute Gasteiger partial charge is 0.246 e. The van der Waals surface area contributed by atoms with Crippen LogP contribution in [0, 0.1) is 0 Å². The first-order chi connectivity index (χ1) is 8.54. The molecule has 2 aliphatic rings. The summed E-state index contributed by atoms with van der Waals surface area (Å²) in [5, 5.41) is 28.5. The molecule has 0 bridgehead atoms. The molecule has 2 aliphatic heterocycles. The van der Waals surface area contributed by atoms with E-state index in [1.165, 1.54) is 11.1 Å². The summed E-state index contributed by atoms with van der Waals surface area (Å²) in [4.78, 5) is 12.5. The lowest BCUT2D eigenvalue weighted by atomic mass is 10.1. The average Bonchev–Trinajstić information content (AvgIpc) is 2.66. The second-order valence-electron chi connectivity index (χ2n) is 4.28. The molecule has 0 aromatic heterocycles. The van der Waals surface area contributed by atoms with Crippen LogP contribution in [0.5, 0.6) is 0 Å². The van der Waals surface area contributed by atoms with Gasteiger partial charge in [0.15, 0.2) is 6.23 Å². The van der Waals surface area contributed by atoms with E-state index >= 15 is 0 Å². The maximum Gasteiger partial charge on any atom is 0.246 e. The molecule has 0 saturated carbocycles. The zero-order valence-corrected chi connectivity index (χ0v) is 9.64. The molecule has 7 nitrogen and oxygen atoms in total. The van der Waals surface area contributed by atoms with E-state index in [1.807, 2.05) is 0 Å². The third-order valence-electron chi connectivity index (χ3n) is 3.05. The highest BCUT2D eigenvalue weighted by Gasteiger charge is 2.44. The minimum Gasteiger partial charge on any atom is -0.394 e. The van der Waals surface area contributed by atoms with E-state index < -0.39 is 37.1 Å². The predicted octanol–water partition coefficient (Wildman–Crippen LogP) is -1.99. The third kappa shape index (κ3) is 2.25. The van der Waals surface area contributed by atoms with Gasteiger partial charge in [-0.1, -0.05) is 6.08 Å². The summed E-state index contributed by atoms with van der Waals surface area (Å²) in [6.45, 7) is -0.390. The Morgan fingerprint density at radius 1 is 1.50 bits per heavy atom. The number of primary amides is 1. The van der Waals surface area contributed by atoms with Crippen molar-refractivity contribution in [2.24, 2.45) is 5.73 Å². The number of carbonyl (C=O) groups is 1. The molecule has 1 fully saturated rings. The molecule has 0 aromatic carbocycles. The van der Waals surface area contributed by atoms with Gasteiger partial charge in [0.25, 0.3) is 0 Å². The molecule has 1 amide bonds. The number of rotatable bonds is 3. The first-order valence-corrected chi connectivity index (χ1v) is 5.61. The van der Waals surface area contributed by atoms with Crippen LogP contribution >= 0.6 is 0 Å². The highest BCUT2D eigenvalue weighted by atomic mass is 16.6. The van der Waals surface area contributed by atoms with Crippen molar-refractivity contribution in [3.05, 3.63) is 24.0 Å². The molecular weight excluding hydrogens is 240 g/mol. The van der Waals surface area contributed by atoms with Crippen molar-refractivity contribution in [3.8, 4) is 0 Å². The molecule has 1 saturated heterocycles. The molecule has 0 unspecified atom stereocenters. The number of allylic oxidation sites excluding steroid dienone is 1. The molecular formula is C11H16N2O5. The normalized spacial score (nSPS) is 35.7. The molecule has 2 heterocycles. The quantitative estimate of drug-likeness (QED) is 0.465. The third-order valence-corrected chi connectivity index (χ3v) is 3.05. The molecule has 5 N–H and O–H groups in total. The monoisotopic (exact) mass is 256 g/mol. The van der Waals surface area contributed by atoms with Crippen LogP contribution in [0.2, 0.25) is 0 Å². The summed E-state index contributed by atoms with van der Waals surface area (Å²) < 4.78 is 5.33. The van der Waals surface area contributed by atoms with E-state index in [0.717, 1.165) is 0 Å². The fourth-order valence-corrected chi connectivity index (χ4v) is 2.03. The summed E-state index contributed by atoms with van der Waals surface area (Å²) in [6, 6.07) is 0. The van der Waals surface area contributed by atoms with Crippen molar-refractivity contribution in [2.45, 2.75) is 31.0 Å². The Balaban J connectivity index is 2.15. The predicted molar refractivity (Wildman–Crippen MR) is 60.6 cm³/mol. The number of nitrogens with two attached hydrogens (primary N) is 1. The van der Waals surface area contributed by atoms with Gasteiger partial charge < -0.3 is 30.7 Å². The van der Waals surface area contributed by atoms with E-state index in [9.17, 15) is 15.0 Å². The van der Waals surface area contributed by atoms with Gasteiger partial charge in [-0.3, -0.25) is 4.79 Å². The minimum absolute atomic E-state index is 0.384. The van der Waals surface area contributed by atoms with Gasteiger partial charge in [0.1, 0.15) is 18.3 Å². The maximum absolute atomic E-state index is 11.1. The van der Waals surface area contributed by atoms with Crippen LogP contribution in [0.3, 0.4) is 0 Å². The topological polar surface area (TPSA) is 116 Å². The number of nitrogens with zero attached hydrogens (tertiary/aromatic N) is 1. The van der Waals surface area contributed by atoms with Gasteiger partial charge in [0.2, 0.25) is 5.91 Å². The summed E-state index contributed by atoms with van der Waals surface area (Å²) in [7, 11) is 0. The molecule has 100 valence electrons. The Hall–Kier alpha value is -1.41. The number of amides is 1. The summed E-state index contributed by atoms with van der Waals surface area (Å²) in [6.07, 6.45) is 1.20. The minimum atomic E-state index is -1.17. The standard InChI is InChI=1S/C11H16N2O5/c12-10(17)6-2-1-3-13(4-6)11-9(16)8(15)7(5-14)18-11/h1,3-4,7-9,11,14-16H,2,5H2,(H2,12,17)/t7-,8-,9+,11-/m1/s1. The zero-order valence-electron chi connectivity index (χ0n) is 9.64. The zero-order chi connectivity index (χ0) is 13.3. The first-order valence-electron chi connectivity index (χ1n) is 5.61. The molecule has 7 heteroatoms. The molecule has 0 aliphatic carbocycles. The fraction of sp³-hybridized carbons (Fsp3) is 0.545. The number of carbonyl (C=O) groups excluding carboxylic acids is 1. The Kier molecular flexibility index (Phi) is 3.67. The van der Waals surface area contributed by atoms with Gasteiger partial charge in [-0.2, -0.15) is 0 Å². The van der Waals surface area contributed by atoms with Crippen LogP contribution in [0.25, 0.3) is 0 Å². The van der Waals surface area contributed by atoms with E-state index in [1.54, 1.807) is 12.3 Å². The molecule has 0 spiro atoms. The van der Waals surface area contributed by atoms with Crippen LogP contribution in [-0.4, -0.2) is 57.3 Å². The average molecular weight is 256 g/mol. The lowest BCUT2D eigenvalue weighted by molar-refractivity contribution is -0.114. The van der Waals surface area contributed by atoms with E-state index in [-0.39, 0.29) is 0 Å². The van der Waals surface area contributed by atoms with Crippen molar-refractivity contribution < 1.29 is 24.9 Å². The largest absolute Gasteiger partial charge is 0.394 e. The number of hydrogen-bond donors (Lipinski definition) is 4. The van der Waals surface area contributed by atoms with Crippen LogP contribution in [-0.2, 0) is 9.53 Å². The van der Waals surface area contributed by atoms with Gasteiger partial charge in [-0.05, 0) is 6.42 Å².